The molecule has 0 atom stereocenters. The summed E-state index contributed by atoms with van der Waals surface area (Å²) in [6.07, 6.45) is 0. The molecule has 0 unspecified atom stereocenters. The molecule has 184 valence electrons. The Morgan fingerprint density at radius 2 is 1.52 bits per heavy atom. The molecule has 0 spiro atoms. The number of hydrogen-bond donors (Lipinski definition) is 2. The van der Waals surface area contributed by atoms with Crippen molar-refractivity contribution in [2.45, 2.75) is 26.9 Å². The first-order valence-electron chi connectivity index (χ1n) is 10.6. The van der Waals surface area contributed by atoms with Crippen LogP contribution in [0.4, 0.5) is 0 Å². The normalized spacial score (nSPS) is 10.8. The van der Waals surface area contributed by atoms with Crippen LogP contribution >= 0.6 is 24.0 Å². The van der Waals surface area contributed by atoms with Crippen LogP contribution in [0.1, 0.15) is 23.6 Å². The number of benzene rings is 2. The van der Waals surface area contributed by atoms with E-state index in [0.717, 1.165) is 29.0 Å². The fourth-order valence-electron chi connectivity index (χ4n) is 3.08. The van der Waals surface area contributed by atoms with E-state index in [4.69, 9.17) is 28.7 Å². The van der Waals surface area contributed by atoms with Crippen molar-refractivity contribution in [1.82, 2.24) is 10.6 Å². The molecule has 9 heteroatoms. The van der Waals surface area contributed by atoms with Crippen LogP contribution in [0.5, 0.6) is 23.0 Å². The first-order chi connectivity index (χ1) is 15.6. The number of halogens is 1. The second-order valence-electron chi connectivity index (χ2n) is 7.02. The van der Waals surface area contributed by atoms with Gasteiger partial charge in [-0.15, -0.1) is 24.0 Å². The Morgan fingerprint density at radius 1 is 0.818 bits per heavy atom. The number of guanidine groups is 1. The largest absolute Gasteiger partial charge is 0.496 e. The Hall–Kier alpha value is -2.40. The van der Waals surface area contributed by atoms with Crippen LogP contribution < -0.4 is 29.6 Å². The molecule has 8 nitrogen and oxygen atoms in total. The minimum atomic E-state index is 0. The van der Waals surface area contributed by atoms with Crippen molar-refractivity contribution in [1.29, 1.82) is 0 Å². The van der Waals surface area contributed by atoms with Gasteiger partial charge in [-0.05, 0) is 31.5 Å². The van der Waals surface area contributed by atoms with E-state index in [9.17, 15) is 0 Å². The molecule has 0 aliphatic carbocycles. The third-order valence-electron chi connectivity index (χ3n) is 4.75. The fourth-order valence-corrected chi connectivity index (χ4v) is 3.08. The van der Waals surface area contributed by atoms with Gasteiger partial charge in [-0.1, -0.05) is 12.1 Å². The summed E-state index contributed by atoms with van der Waals surface area (Å²) < 4.78 is 27.3. The van der Waals surface area contributed by atoms with Gasteiger partial charge < -0.3 is 34.3 Å². The van der Waals surface area contributed by atoms with E-state index < -0.39 is 0 Å². The standard InChI is InChI=1S/C24H35N3O5.HI/c1-7-25-24(26-15-18-9-8-17(2)12-21(18)32-11-10-28-3)27-16-19-13-22(30-5)23(31-6)14-20(19)29-4;/h8-9,12-14H,7,10-11,15-16H2,1-6H3,(H2,25,26,27);1H. The quantitative estimate of drug-likeness (QED) is 0.173. The summed E-state index contributed by atoms with van der Waals surface area (Å²) in [5, 5.41) is 6.65. The lowest BCUT2D eigenvalue weighted by Gasteiger charge is -2.16. The van der Waals surface area contributed by atoms with Crippen molar-refractivity contribution in [3.05, 3.63) is 47.0 Å². The number of aryl methyl sites for hydroxylation is 1. The highest BCUT2D eigenvalue weighted by atomic mass is 127. The monoisotopic (exact) mass is 573 g/mol. The van der Waals surface area contributed by atoms with Gasteiger partial charge in [0.25, 0.3) is 0 Å². The Labute approximate surface area is 214 Å². The molecule has 0 amide bonds. The Bertz CT molecular complexity index is 893. The van der Waals surface area contributed by atoms with Crippen molar-refractivity contribution in [3.63, 3.8) is 0 Å². The molecule has 0 bridgehead atoms. The zero-order valence-electron chi connectivity index (χ0n) is 20.3. The first-order valence-corrected chi connectivity index (χ1v) is 10.6. The molecule has 2 N–H and O–H groups in total. The third kappa shape index (κ3) is 8.81. The number of methoxy groups -OCH3 is 4. The molecule has 0 aliphatic rings. The van der Waals surface area contributed by atoms with Gasteiger partial charge >= 0.3 is 0 Å². The van der Waals surface area contributed by atoms with Gasteiger partial charge in [0.1, 0.15) is 18.1 Å². The van der Waals surface area contributed by atoms with Crippen molar-refractivity contribution in [2.24, 2.45) is 4.99 Å². The molecular formula is C24H36IN3O5. The van der Waals surface area contributed by atoms with Gasteiger partial charge in [-0.25, -0.2) is 4.99 Å². The molecule has 0 fully saturated rings. The van der Waals surface area contributed by atoms with Crippen LogP contribution in [0.25, 0.3) is 0 Å². The highest BCUT2D eigenvalue weighted by Gasteiger charge is 2.12. The first kappa shape index (κ1) is 28.6. The molecule has 2 aromatic carbocycles. The number of aliphatic imine (C=N–C) groups is 1. The second kappa shape index (κ2) is 15.4. The molecule has 0 saturated heterocycles. The average molecular weight is 573 g/mol. The summed E-state index contributed by atoms with van der Waals surface area (Å²) in [7, 11) is 6.49. The Morgan fingerprint density at radius 3 is 2.15 bits per heavy atom. The Balaban J connectivity index is 0.00000544. The summed E-state index contributed by atoms with van der Waals surface area (Å²) in [5.74, 6) is 3.46. The molecule has 2 rings (SSSR count). The molecule has 33 heavy (non-hydrogen) atoms. The van der Waals surface area contributed by atoms with E-state index in [1.165, 1.54) is 0 Å². The van der Waals surface area contributed by atoms with Gasteiger partial charge in [0.2, 0.25) is 0 Å². The lowest BCUT2D eigenvalue weighted by Crippen LogP contribution is -2.36. The van der Waals surface area contributed by atoms with Crippen molar-refractivity contribution >= 4 is 29.9 Å². The predicted octanol–water partition coefficient (Wildman–Crippen LogP) is 3.92. The molecule has 0 radical (unpaired) electrons. The molecule has 0 saturated carbocycles. The predicted molar refractivity (Wildman–Crippen MR) is 142 cm³/mol. The van der Waals surface area contributed by atoms with E-state index in [1.807, 2.05) is 26.0 Å². The summed E-state index contributed by atoms with van der Waals surface area (Å²) in [6.45, 7) is 6.82. The minimum Gasteiger partial charge on any atom is -0.496 e. The molecular weight excluding hydrogens is 537 g/mol. The number of nitrogens with zero attached hydrogens (tertiary/aromatic N) is 1. The molecule has 0 aliphatic heterocycles. The van der Waals surface area contributed by atoms with E-state index in [-0.39, 0.29) is 24.0 Å². The highest BCUT2D eigenvalue weighted by Crippen LogP contribution is 2.34. The van der Waals surface area contributed by atoms with Crippen LogP contribution in [0.2, 0.25) is 0 Å². The van der Waals surface area contributed by atoms with Crippen LogP contribution in [-0.4, -0.2) is 54.2 Å². The maximum absolute atomic E-state index is 5.89. The van der Waals surface area contributed by atoms with Crippen LogP contribution in [-0.2, 0) is 17.8 Å². The van der Waals surface area contributed by atoms with Crippen molar-refractivity contribution in [3.8, 4) is 23.0 Å². The van der Waals surface area contributed by atoms with E-state index >= 15 is 0 Å². The zero-order valence-corrected chi connectivity index (χ0v) is 22.6. The van der Waals surface area contributed by atoms with Crippen molar-refractivity contribution < 1.29 is 23.7 Å². The van der Waals surface area contributed by atoms with Crippen LogP contribution in [0.3, 0.4) is 0 Å². The van der Waals surface area contributed by atoms with Gasteiger partial charge in [-0.3, -0.25) is 0 Å². The van der Waals surface area contributed by atoms with E-state index in [0.29, 0.717) is 49.5 Å². The van der Waals surface area contributed by atoms with Gasteiger partial charge in [-0.2, -0.15) is 0 Å². The van der Waals surface area contributed by atoms with E-state index in [2.05, 4.69) is 22.8 Å². The highest BCUT2D eigenvalue weighted by molar-refractivity contribution is 14.0. The minimum absolute atomic E-state index is 0. The third-order valence-corrected chi connectivity index (χ3v) is 4.75. The number of nitrogens with one attached hydrogen (secondary N) is 2. The second-order valence-corrected chi connectivity index (χ2v) is 7.02. The number of rotatable bonds is 12. The smallest absolute Gasteiger partial charge is 0.191 e. The summed E-state index contributed by atoms with van der Waals surface area (Å²) in [4.78, 5) is 4.72. The van der Waals surface area contributed by atoms with Crippen LogP contribution in [0.15, 0.2) is 35.3 Å². The Kier molecular flexibility index (Phi) is 13.4. The molecule has 2 aromatic rings. The lowest BCUT2D eigenvalue weighted by atomic mass is 10.1. The average Bonchev–Trinajstić information content (AvgIpc) is 2.81. The topological polar surface area (TPSA) is 82.6 Å². The molecule has 0 heterocycles. The summed E-state index contributed by atoms with van der Waals surface area (Å²) in [6, 6.07) is 9.85. The maximum Gasteiger partial charge on any atom is 0.191 e. The molecule has 0 aromatic heterocycles. The maximum atomic E-state index is 5.89. The number of hydrogen-bond acceptors (Lipinski definition) is 6. The van der Waals surface area contributed by atoms with Crippen molar-refractivity contribution in [2.75, 3.05) is 48.2 Å². The SMILES string of the molecule is CCNC(=NCc1cc(OC)c(OC)cc1OC)NCc1ccc(C)cc1OCCOC.I. The van der Waals surface area contributed by atoms with E-state index in [1.54, 1.807) is 34.5 Å². The fraction of sp³-hybridized carbons (Fsp3) is 0.458. The lowest BCUT2D eigenvalue weighted by molar-refractivity contribution is 0.145. The van der Waals surface area contributed by atoms with Crippen LogP contribution in [0, 0.1) is 6.92 Å². The number of ether oxygens (including phenoxy) is 5. The van der Waals surface area contributed by atoms with Gasteiger partial charge in [0.15, 0.2) is 17.5 Å². The van der Waals surface area contributed by atoms with Gasteiger partial charge in [0.05, 0.1) is 34.5 Å². The zero-order chi connectivity index (χ0) is 23.3. The van der Waals surface area contributed by atoms with Gasteiger partial charge in [0, 0.05) is 37.4 Å². The summed E-state index contributed by atoms with van der Waals surface area (Å²) >= 11 is 0. The summed E-state index contributed by atoms with van der Waals surface area (Å²) in [5.41, 5.74) is 3.07.